The van der Waals surface area contributed by atoms with Crippen LogP contribution in [-0.4, -0.2) is 28.6 Å². The van der Waals surface area contributed by atoms with Gasteiger partial charge in [-0.15, -0.1) is 11.8 Å². The van der Waals surface area contributed by atoms with Gasteiger partial charge >= 0.3 is 0 Å². The Kier molecular flexibility index (Phi) is 5.35. The van der Waals surface area contributed by atoms with Crippen molar-refractivity contribution >= 4 is 29.3 Å². The Bertz CT molecular complexity index is 970. The number of aromatic amines is 1. The maximum absolute atomic E-state index is 14.2. The van der Waals surface area contributed by atoms with Crippen LogP contribution in [0.1, 0.15) is 40.4 Å². The third kappa shape index (κ3) is 3.35. The lowest BCUT2D eigenvalue weighted by Crippen LogP contribution is -2.35. The van der Waals surface area contributed by atoms with E-state index in [0.29, 0.717) is 35.0 Å². The van der Waals surface area contributed by atoms with Gasteiger partial charge < -0.3 is 9.88 Å². The van der Waals surface area contributed by atoms with Crippen molar-refractivity contribution in [2.45, 2.75) is 23.9 Å². The van der Waals surface area contributed by atoms with Gasteiger partial charge in [-0.2, -0.15) is 5.26 Å². The Balaban J connectivity index is 2.01. The van der Waals surface area contributed by atoms with E-state index in [4.69, 9.17) is 11.6 Å². The molecule has 0 radical (unpaired) electrons. The molecule has 1 N–H and O–H groups in total. The number of H-pyrrole nitrogens is 1. The van der Waals surface area contributed by atoms with E-state index in [0.717, 1.165) is 0 Å². The lowest BCUT2D eigenvalue weighted by molar-refractivity contribution is 0.0731. The Morgan fingerprint density at radius 1 is 1.46 bits per heavy atom. The highest BCUT2D eigenvalue weighted by molar-refractivity contribution is 7.98. The van der Waals surface area contributed by atoms with E-state index in [-0.39, 0.29) is 11.1 Å². The van der Waals surface area contributed by atoms with Gasteiger partial charge in [0.1, 0.15) is 17.4 Å². The third-order valence-corrected chi connectivity index (χ3v) is 5.36. The molecule has 1 aromatic heterocycles. The number of hydrogen-bond donors (Lipinski definition) is 1. The van der Waals surface area contributed by atoms with Gasteiger partial charge in [-0.25, -0.2) is 4.39 Å². The Hall–Kier alpha value is -2.30. The van der Waals surface area contributed by atoms with Crippen molar-refractivity contribution in [1.82, 2.24) is 9.88 Å². The van der Waals surface area contributed by atoms with Crippen LogP contribution in [0, 0.1) is 17.1 Å². The zero-order chi connectivity index (χ0) is 18.8. The maximum Gasteiger partial charge on any atom is 0.261 e. The summed E-state index contributed by atoms with van der Waals surface area (Å²) in [5.74, 6) is -0.958. The first-order valence-corrected chi connectivity index (χ1v) is 9.54. The first-order valence-electron chi connectivity index (χ1n) is 7.93. The van der Waals surface area contributed by atoms with Gasteiger partial charge in [0.2, 0.25) is 0 Å². The number of carbonyl (C=O) groups excluding carboxylic acids is 1. The van der Waals surface area contributed by atoms with Crippen LogP contribution in [0.4, 0.5) is 4.39 Å². The van der Waals surface area contributed by atoms with Crippen LogP contribution in [0.25, 0.3) is 0 Å². The number of pyridine rings is 1. The second-order valence-corrected chi connectivity index (χ2v) is 7.15. The minimum atomic E-state index is -0.560. The van der Waals surface area contributed by atoms with Crippen molar-refractivity contribution in [3.05, 3.63) is 62.1 Å². The van der Waals surface area contributed by atoms with E-state index in [1.807, 2.05) is 6.07 Å². The van der Waals surface area contributed by atoms with Crippen LogP contribution < -0.4 is 5.56 Å². The highest BCUT2D eigenvalue weighted by Crippen LogP contribution is 2.35. The van der Waals surface area contributed by atoms with E-state index in [1.165, 1.54) is 40.9 Å². The Morgan fingerprint density at radius 2 is 2.23 bits per heavy atom. The molecule has 1 amide bonds. The van der Waals surface area contributed by atoms with Gasteiger partial charge in [-0.05, 0) is 43.4 Å². The van der Waals surface area contributed by atoms with Crippen LogP contribution in [0.15, 0.2) is 34.1 Å². The largest absolute Gasteiger partial charge is 0.331 e. The Labute approximate surface area is 158 Å². The number of rotatable bonds is 3. The number of thioether (sulfide) groups is 1. The van der Waals surface area contributed by atoms with Gasteiger partial charge in [-0.3, -0.25) is 9.59 Å². The first kappa shape index (κ1) is 18.5. The highest BCUT2D eigenvalue weighted by atomic mass is 35.5. The maximum atomic E-state index is 14.2. The molecule has 0 spiro atoms. The number of nitrogens with zero attached hydrogens (tertiary/aromatic N) is 2. The molecule has 0 bridgehead atoms. The van der Waals surface area contributed by atoms with Crippen molar-refractivity contribution in [3.8, 4) is 6.07 Å². The molecule has 0 saturated carbocycles. The van der Waals surface area contributed by atoms with Crippen molar-refractivity contribution in [3.63, 3.8) is 0 Å². The zero-order valence-electron chi connectivity index (χ0n) is 13.9. The van der Waals surface area contributed by atoms with Crippen molar-refractivity contribution in [2.75, 3.05) is 12.8 Å². The topological polar surface area (TPSA) is 77.0 Å². The molecule has 134 valence electrons. The SMILES string of the molecule is CSc1[nH]c(=O)c(C(=O)N2CCCC2c2cc(Cl)ccc2F)cc1C#N. The molecule has 2 aromatic rings. The zero-order valence-corrected chi connectivity index (χ0v) is 15.5. The van der Waals surface area contributed by atoms with Crippen LogP contribution in [0.5, 0.6) is 0 Å². The summed E-state index contributed by atoms with van der Waals surface area (Å²) in [7, 11) is 0. The van der Waals surface area contributed by atoms with Crippen LogP contribution in [0.3, 0.4) is 0 Å². The molecule has 1 aliphatic rings. The molecule has 1 unspecified atom stereocenters. The van der Waals surface area contributed by atoms with Gasteiger partial charge in [0.25, 0.3) is 11.5 Å². The number of nitrogens with one attached hydrogen (secondary N) is 1. The van der Waals surface area contributed by atoms with E-state index < -0.39 is 23.3 Å². The first-order chi connectivity index (χ1) is 12.5. The monoisotopic (exact) mass is 391 g/mol. The highest BCUT2D eigenvalue weighted by Gasteiger charge is 2.33. The molecule has 1 aliphatic heterocycles. The normalized spacial score (nSPS) is 16.5. The van der Waals surface area contributed by atoms with Crippen LogP contribution in [-0.2, 0) is 0 Å². The summed E-state index contributed by atoms with van der Waals surface area (Å²) in [6.45, 7) is 0.404. The molecule has 8 heteroatoms. The molecule has 26 heavy (non-hydrogen) atoms. The fourth-order valence-corrected chi connectivity index (χ4v) is 3.87. The van der Waals surface area contributed by atoms with Gasteiger partial charge in [0, 0.05) is 17.1 Å². The molecule has 5 nitrogen and oxygen atoms in total. The quantitative estimate of drug-likeness (QED) is 0.808. The predicted molar refractivity (Wildman–Crippen MR) is 98.0 cm³/mol. The predicted octanol–water partition coefficient (Wildman–Crippen LogP) is 3.74. The van der Waals surface area contributed by atoms with Gasteiger partial charge in [0.15, 0.2) is 0 Å². The third-order valence-electron chi connectivity index (χ3n) is 4.39. The second kappa shape index (κ2) is 7.52. The summed E-state index contributed by atoms with van der Waals surface area (Å²) >= 11 is 7.19. The number of benzene rings is 1. The molecular weight excluding hydrogens is 377 g/mol. The summed E-state index contributed by atoms with van der Waals surface area (Å²) in [5.41, 5.74) is -0.115. The molecule has 1 atom stereocenters. The number of nitriles is 1. The minimum absolute atomic E-state index is 0.117. The summed E-state index contributed by atoms with van der Waals surface area (Å²) < 4.78 is 14.2. The Morgan fingerprint density at radius 3 is 2.92 bits per heavy atom. The van der Waals surface area contributed by atoms with E-state index in [1.54, 1.807) is 6.26 Å². The van der Waals surface area contributed by atoms with E-state index in [2.05, 4.69) is 4.98 Å². The van der Waals surface area contributed by atoms with Crippen molar-refractivity contribution in [2.24, 2.45) is 0 Å². The average molecular weight is 392 g/mol. The number of halogens is 2. The lowest BCUT2D eigenvalue weighted by Gasteiger charge is -2.25. The number of carbonyl (C=O) groups is 1. The molecule has 2 heterocycles. The molecule has 0 aliphatic carbocycles. The number of aromatic nitrogens is 1. The summed E-state index contributed by atoms with van der Waals surface area (Å²) in [6.07, 6.45) is 3.00. The standard InChI is InChI=1S/C18H15ClFN3O2S/c1-26-17-10(9-21)7-13(16(24)22-17)18(25)23-6-2-3-15(23)12-8-11(19)4-5-14(12)20/h4-5,7-8,15H,2-3,6H2,1H3,(H,22,24). The molecule has 1 aromatic carbocycles. The number of hydrogen-bond acceptors (Lipinski definition) is 4. The van der Waals surface area contributed by atoms with Crippen molar-refractivity contribution in [1.29, 1.82) is 5.26 Å². The molecule has 3 rings (SSSR count). The number of likely N-dealkylation sites (tertiary alicyclic amines) is 1. The fraction of sp³-hybridized carbons (Fsp3) is 0.278. The summed E-state index contributed by atoms with van der Waals surface area (Å²) in [6, 6.07) is 7.02. The molecule has 1 saturated heterocycles. The van der Waals surface area contributed by atoms with Crippen LogP contribution >= 0.6 is 23.4 Å². The molecule has 1 fully saturated rings. The summed E-state index contributed by atoms with van der Waals surface area (Å²) in [5, 5.41) is 10.0. The van der Waals surface area contributed by atoms with Crippen molar-refractivity contribution < 1.29 is 9.18 Å². The van der Waals surface area contributed by atoms with E-state index in [9.17, 15) is 19.2 Å². The number of amides is 1. The minimum Gasteiger partial charge on any atom is -0.331 e. The second-order valence-electron chi connectivity index (χ2n) is 5.89. The van der Waals surface area contributed by atoms with E-state index >= 15 is 0 Å². The van der Waals surface area contributed by atoms with Gasteiger partial charge in [-0.1, -0.05) is 11.6 Å². The summed E-state index contributed by atoms with van der Waals surface area (Å²) in [4.78, 5) is 29.3. The molecular formula is C18H15ClFN3O2S. The average Bonchev–Trinajstić information content (AvgIpc) is 3.12. The van der Waals surface area contributed by atoms with Gasteiger partial charge in [0.05, 0.1) is 16.6 Å². The lowest BCUT2D eigenvalue weighted by atomic mass is 10.0. The van der Waals surface area contributed by atoms with Crippen LogP contribution in [0.2, 0.25) is 5.02 Å². The fourth-order valence-electron chi connectivity index (χ4n) is 3.17. The smallest absolute Gasteiger partial charge is 0.261 e.